The zero-order valence-corrected chi connectivity index (χ0v) is 13.8. The largest absolute Gasteiger partial charge is 0.331 e. The van der Waals surface area contributed by atoms with Gasteiger partial charge < -0.3 is 5.32 Å². The number of benzene rings is 1. The van der Waals surface area contributed by atoms with Crippen molar-refractivity contribution in [2.75, 3.05) is 5.32 Å². The summed E-state index contributed by atoms with van der Waals surface area (Å²) in [5.41, 5.74) is 5.57. The molecule has 0 saturated heterocycles. The molecule has 126 valence electrons. The molecule has 1 heterocycles. The number of aryl methyl sites for hydroxylation is 1. The zero-order chi connectivity index (χ0) is 17.5. The molecule has 0 bridgehead atoms. The Bertz CT molecular complexity index is 748. The number of carbonyl (C=O) groups is 1. The van der Waals surface area contributed by atoms with Crippen LogP contribution in [0.2, 0.25) is 5.02 Å². The van der Waals surface area contributed by atoms with Crippen LogP contribution in [0.3, 0.4) is 0 Å². The van der Waals surface area contributed by atoms with Crippen molar-refractivity contribution in [3.63, 3.8) is 0 Å². The van der Waals surface area contributed by atoms with Crippen LogP contribution in [0.25, 0.3) is 0 Å². The number of nitro groups is 1. The lowest BCUT2D eigenvalue weighted by Gasteiger charge is -2.11. The maximum absolute atomic E-state index is 11.7. The highest BCUT2D eigenvalue weighted by molar-refractivity contribution is 7.80. The summed E-state index contributed by atoms with van der Waals surface area (Å²) < 4.78 is 1.32. The highest BCUT2D eigenvalue weighted by atomic mass is 35.5. The summed E-state index contributed by atoms with van der Waals surface area (Å²) in [6.07, 6.45) is 2.46. The van der Waals surface area contributed by atoms with Gasteiger partial charge in [-0.25, -0.2) is 0 Å². The Morgan fingerprint density at radius 3 is 2.67 bits per heavy atom. The van der Waals surface area contributed by atoms with E-state index in [1.54, 1.807) is 24.3 Å². The summed E-state index contributed by atoms with van der Waals surface area (Å²) in [7, 11) is 0. The van der Waals surface area contributed by atoms with Gasteiger partial charge in [-0.3, -0.25) is 30.4 Å². The lowest BCUT2D eigenvalue weighted by atomic mass is 10.3. The van der Waals surface area contributed by atoms with Crippen LogP contribution >= 0.6 is 23.8 Å². The standard InChI is InChI=1S/C13H13ClN6O3S/c14-9-1-3-10(4-2-9)16-13(24)18-17-12(21)5-6-19-8-11(7-15-19)20(22)23/h1-4,7-8H,5-6H2,(H,17,21)(H2,16,18,24). The second kappa shape index (κ2) is 8.22. The number of halogens is 1. The minimum Gasteiger partial charge on any atom is -0.331 e. The van der Waals surface area contributed by atoms with Gasteiger partial charge in [0.15, 0.2) is 5.11 Å². The molecule has 0 aliphatic heterocycles. The molecule has 1 amide bonds. The molecule has 0 spiro atoms. The van der Waals surface area contributed by atoms with Crippen LogP contribution in [0, 0.1) is 10.1 Å². The Kier molecular flexibility index (Phi) is 6.04. The van der Waals surface area contributed by atoms with Gasteiger partial charge in [-0.05, 0) is 36.5 Å². The minimum absolute atomic E-state index is 0.0788. The molecular formula is C13H13ClN6O3S. The number of hydrazine groups is 1. The SMILES string of the molecule is O=C(CCn1cc([N+](=O)[O-])cn1)NNC(=S)Nc1ccc(Cl)cc1. The fraction of sp³-hybridized carbons (Fsp3) is 0.154. The molecule has 1 aromatic carbocycles. The number of thiocarbonyl (C=S) groups is 1. The van der Waals surface area contributed by atoms with Gasteiger partial charge in [-0.2, -0.15) is 5.10 Å². The Labute approximate surface area is 147 Å². The molecule has 11 heteroatoms. The fourth-order valence-electron chi connectivity index (χ4n) is 1.67. The van der Waals surface area contributed by atoms with Gasteiger partial charge >= 0.3 is 5.69 Å². The average molecular weight is 369 g/mol. The third-order valence-electron chi connectivity index (χ3n) is 2.82. The summed E-state index contributed by atoms with van der Waals surface area (Å²) >= 11 is 10.8. The molecule has 24 heavy (non-hydrogen) atoms. The predicted molar refractivity (Wildman–Crippen MR) is 92.4 cm³/mol. The molecule has 3 N–H and O–H groups in total. The Balaban J connectivity index is 1.71. The molecule has 2 rings (SSSR count). The number of amides is 1. The van der Waals surface area contributed by atoms with E-state index in [0.717, 1.165) is 11.9 Å². The van der Waals surface area contributed by atoms with Gasteiger partial charge in [0.2, 0.25) is 5.91 Å². The zero-order valence-electron chi connectivity index (χ0n) is 12.2. The summed E-state index contributed by atoms with van der Waals surface area (Å²) in [6.45, 7) is 0.207. The van der Waals surface area contributed by atoms with Gasteiger partial charge in [0.1, 0.15) is 12.4 Å². The van der Waals surface area contributed by atoms with Gasteiger partial charge in [0, 0.05) is 17.1 Å². The van der Waals surface area contributed by atoms with E-state index in [4.69, 9.17) is 23.8 Å². The molecule has 0 radical (unpaired) electrons. The fourth-order valence-corrected chi connectivity index (χ4v) is 1.96. The van der Waals surface area contributed by atoms with Gasteiger partial charge in [0.25, 0.3) is 0 Å². The van der Waals surface area contributed by atoms with Crippen LogP contribution in [0.15, 0.2) is 36.7 Å². The molecule has 0 atom stereocenters. The molecule has 0 aliphatic rings. The molecule has 0 unspecified atom stereocenters. The van der Waals surface area contributed by atoms with Crippen LogP contribution in [-0.4, -0.2) is 25.7 Å². The first-order chi connectivity index (χ1) is 11.4. The van der Waals surface area contributed by atoms with E-state index < -0.39 is 4.92 Å². The van der Waals surface area contributed by atoms with Crippen LogP contribution in [-0.2, 0) is 11.3 Å². The summed E-state index contributed by atoms with van der Waals surface area (Å²) in [5, 5.41) is 18.0. The van der Waals surface area contributed by atoms with Gasteiger partial charge in [-0.1, -0.05) is 11.6 Å². The Morgan fingerprint density at radius 1 is 1.33 bits per heavy atom. The number of hydrogen-bond acceptors (Lipinski definition) is 5. The van der Waals surface area contributed by atoms with Crippen molar-refractivity contribution in [2.24, 2.45) is 0 Å². The summed E-state index contributed by atoms with van der Waals surface area (Å²) in [5.74, 6) is -0.339. The lowest BCUT2D eigenvalue weighted by molar-refractivity contribution is -0.385. The number of nitrogens with zero attached hydrogens (tertiary/aromatic N) is 3. The van der Waals surface area contributed by atoms with Crippen LogP contribution in [0.4, 0.5) is 11.4 Å². The van der Waals surface area contributed by atoms with E-state index in [0.29, 0.717) is 5.02 Å². The number of carbonyl (C=O) groups excluding carboxylic acids is 1. The van der Waals surface area contributed by atoms with E-state index >= 15 is 0 Å². The maximum Gasteiger partial charge on any atom is 0.306 e. The van der Waals surface area contributed by atoms with E-state index in [1.165, 1.54) is 10.9 Å². The third-order valence-corrected chi connectivity index (χ3v) is 3.27. The summed E-state index contributed by atoms with van der Waals surface area (Å²) in [4.78, 5) is 21.7. The van der Waals surface area contributed by atoms with Crippen LogP contribution in [0.1, 0.15) is 6.42 Å². The summed E-state index contributed by atoms with van der Waals surface area (Å²) in [6, 6.07) is 6.88. The molecule has 1 aromatic heterocycles. The second-order valence-electron chi connectivity index (χ2n) is 4.60. The molecule has 9 nitrogen and oxygen atoms in total. The minimum atomic E-state index is -0.550. The maximum atomic E-state index is 11.7. The monoisotopic (exact) mass is 368 g/mol. The quantitative estimate of drug-likeness (QED) is 0.419. The second-order valence-corrected chi connectivity index (χ2v) is 5.45. The van der Waals surface area contributed by atoms with Crippen molar-refractivity contribution in [1.29, 1.82) is 0 Å². The molecule has 0 fully saturated rings. The van der Waals surface area contributed by atoms with Crippen LogP contribution in [0.5, 0.6) is 0 Å². The number of anilines is 1. The van der Waals surface area contributed by atoms with Crippen molar-refractivity contribution in [1.82, 2.24) is 20.6 Å². The van der Waals surface area contributed by atoms with E-state index in [9.17, 15) is 14.9 Å². The normalized spacial score (nSPS) is 10.0. The van der Waals surface area contributed by atoms with Crippen molar-refractivity contribution < 1.29 is 9.72 Å². The van der Waals surface area contributed by atoms with Gasteiger partial charge in [-0.15, -0.1) is 0 Å². The molecule has 0 aliphatic carbocycles. The number of aromatic nitrogens is 2. The Morgan fingerprint density at radius 2 is 2.04 bits per heavy atom. The number of nitrogens with one attached hydrogen (secondary N) is 3. The van der Waals surface area contributed by atoms with Crippen LogP contribution < -0.4 is 16.2 Å². The van der Waals surface area contributed by atoms with Crippen molar-refractivity contribution >= 4 is 46.2 Å². The van der Waals surface area contributed by atoms with Crippen molar-refractivity contribution in [2.45, 2.75) is 13.0 Å². The number of rotatable bonds is 5. The predicted octanol–water partition coefficient (Wildman–Crippen LogP) is 1.85. The van der Waals surface area contributed by atoms with Crippen molar-refractivity contribution in [3.8, 4) is 0 Å². The smallest absolute Gasteiger partial charge is 0.306 e. The van der Waals surface area contributed by atoms with E-state index in [-0.39, 0.29) is 29.7 Å². The first kappa shape index (κ1) is 17.6. The van der Waals surface area contributed by atoms with Crippen molar-refractivity contribution in [3.05, 3.63) is 51.8 Å². The lowest BCUT2D eigenvalue weighted by Crippen LogP contribution is -2.44. The molecule has 0 saturated carbocycles. The first-order valence-corrected chi connectivity index (χ1v) is 7.51. The van der Waals surface area contributed by atoms with E-state index in [1.807, 2.05) is 0 Å². The molecule has 2 aromatic rings. The third kappa shape index (κ3) is 5.48. The molecular weight excluding hydrogens is 356 g/mol. The average Bonchev–Trinajstić information content (AvgIpc) is 3.02. The number of hydrogen-bond donors (Lipinski definition) is 3. The topological polar surface area (TPSA) is 114 Å². The highest BCUT2D eigenvalue weighted by Gasteiger charge is 2.10. The highest BCUT2D eigenvalue weighted by Crippen LogP contribution is 2.13. The Hall–Kier alpha value is -2.72. The van der Waals surface area contributed by atoms with Gasteiger partial charge in [0.05, 0.1) is 11.5 Å². The first-order valence-electron chi connectivity index (χ1n) is 6.72. The van der Waals surface area contributed by atoms with E-state index in [2.05, 4.69) is 21.3 Å².